The van der Waals surface area contributed by atoms with Crippen LogP contribution in [-0.4, -0.2) is 10.1 Å². The Kier molecular flexibility index (Phi) is 2.80. The monoisotopic (exact) mass is 257 g/mol. The van der Waals surface area contributed by atoms with Crippen LogP contribution in [0.15, 0.2) is 47.0 Å². The van der Waals surface area contributed by atoms with Crippen LogP contribution in [0.3, 0.4) is 0 Å². The predicted molar refractivity (Wildman–Crippen MR) is 69.2 cm³/mol. The van der Waals surface area contributed by atoms with Crippen LogP contribution < -0.4 is 0 Å². The van der Waals surface area contributed by atoms with E-state index >= 15 is 0 Å². The summed E-state index contributed by atoms with van der Waals surface area (Å²) >= 11 is 0. The molecule has 0 saturated carbocycles. The van der Waals surface area contributed by atoms with E-state index in [0.29, 0.717) is 16.8 Å². The molecule has 0 spiro atoms. The van der Waals surface area contributed by atoms with Gasteiger partial charge in [0.05, 0.1) is 5.69 Å². The number of aromatic nitrogens is 1. The van der Waals surface area contributed by atoms with Crippen LogP contribution in [0, 0.1) is 12.7 Å². The maximum Gasteiger partial charge on any atom is 0.170 e. The van der Waals surface area contributed by atoms with Gasteiger partial charge in [0.2, 0.25) is 0 Å². The van der Waals surface area contributed by atoms with Crippen molar-refractivity contribution in [2.75, 3.05) is 0 Å². The number of nitrogens with zero attached hydrogens (tertiary/aromatic N) is 1. The summed E-state index contributed by atoms with van der Waals surface area (Å²) in [5.41, 5.74) is 1.63. The van der Waals surface area contributed by atoms with Crippen molar-refractivity contribution in [3.05, 3.63) is 65.4 Å². The Morgan fingerprint density at radius 2 is 2.11 bits per heavy atom. The lowest BCUT2D eigenvalue weighted by Crippen LogP contribution is -2.00. The summed E-state index contributed by atoms with van der Waals surface area (Å²) in [5.74, 6) is -0.147. The Hall–Kier alpha value is -2.20. The third-order valence-corrected chi connectivity index (χ3v) is 3.00. The van der Waals surface area contributed by atoms with Gasteiger partial charge >= 0.3 is 0 Å². The molecule has 1 unspecified atom stereocenters. The molecular weight excluding hydrogens is 245 g/mol. The van der Waals surface area contributed by atoms with Crippen molar-refractivity contribution in [1.82, 2.24) is 4.98 Å². The van der Waals surface area contributed by atoms with Crippen LogP contribution in [0.2, 0.25) is 0 Å². The van der Waals surface area contributed by atoms with E-state index in [4.69, 9.17) is 4.42 Å². The van der Waals surface area contributed by atoms with E-state index in [0.717, 1.165) is 5.56 Å². The highest BCUT2D eigenvalue weighted by Crippen LogP contribution is 2.28. The molecule has 2 aromatic heterocycles. The zero-order chi connectivity index (χ0) is 13.4. The molecule has 0 aliphatic heterocycles. The number of aliphatic hydroxyl groups is 1. The van der Waals surface area contributed by atoms with Gasteiger partial charge in [-0.15, -0.1) is 0 Å². The molecule has 4 heteroatoms. The molecule has 2 heterocycles. The molecule has 3 nitrogen and oxygen atoms in total. The van der Waals surface area contributed by atoms with Gasteiger partial charge in [-0.1, -0.05) is 12.1 Å². The van der Waals surface area contributed by atoms with Crippen LogP contribution in [0.5, 0.6) is 0 Å². The standard InChI is InChI=1S/C15H12FNO2/c1-9-5-6-17-12(7-9)14(18)13-8-10-3-2-4-11(16)15(10)19-13/h2-8,14,18H,1H3. The number of rotatable bonds is 2. The lowest BCUT2D eigenvalue weighted by atomic mass is 10.1. The lowest BCUT2D eigenvalue weighted by molar-refractivity contribution is 0.187. The average molecular weight is 257 g/mol. The second-order valence-electron chi connectivity index (χ2n) is 4.47. The number of hydrogen-bond donors (Lipinski definition) is 1. The third kappa shape index (κ3) is 2.11. The van der Waals surface area contributed by atoms with Crippen molar-refractivity contribution in [3.63, 3.8) is 0 Å². The zero-order valence-corrected chi connectivity index (χ0v) is 10.3. The Morgan fingerprint density at radius 1 is 1.26 bits per heavy atom. The number of furan rings is 1. The first-order valence-corrected chi connectivity index (χ1v) is 5.94. The minimum absolute atomic E-state index is 0.157. The molecule has 1 N–H and O–H groups in total. The Morgan fingerprint density at radius 3 is 2.84 bits per heavy atom. The molecule has 0 fully saturated rings. The summed E-state index contributed by atoms with van der Waals surface area (Å²) in [6.45, 7) is 1.91. The molecule has 96 valence electrons. The molecule has 3 aromatic rings. The molecule has 0 bridgehead atoms. The molecule has 0 aliphatic rings. The maximum atomic E-state index is 13.5. The van der Waals surface area contributed by atoms with Crippen molar-refractivity contribution in [2.24, 2.45) is 0 Å². The Labute approximate surface area is 109 Å². The van der Waals surface area contributed by atoms with E-state index in [1.165, 1.54) is 6.07 Å². The first kappa shape index (κ1) is 11.9. The van der Waals surface area contributed by atoms with Crippen molar-refractivity contribution in [3.8, 4) is 0 Å². The van der Waals surface area contributed by atoms with Crippen LogP contribution in [0.1, 0.15) is 23.1 Å². The highest BCUT2D eigenvalue weighted by molar-refractivity contribution is 5.78. The van der Waals surface area contributed by atoms with Gasteiger partial charge in [0.25, 0.3) is 0 Å². The van der Waals surface area contributed by atoms with Gasteiger partial charge < -0.3 is 9.52 Å². The quantitative estimate of drug-likeness (QED) is 0.765. The van der Waals surface area contributed by atoms with Gasteiger partial charge in [0, 0.05) is 11.6 Å². The first-order valence-electron chi connectivity index (χ1n) is 5.94. The van der Waals surface area contributed by atoms with Gasteiger partial charge in [-0.25, -0.2) is 4.39 Å². The number of aryl methyl sites for hydroxylation is 1. The zero-order valence-electron chi connectivity index (χ0n) is 10.3. The largest absolute Gasteiger partial charge is 0.455 e. The van der Waals surface area contributed by atoms with E-state index in [2.05, 4.69) is 4.98 Å². The van der Waals surface area contributed by atoms with Gasteiger partial charge in [-0.2, -0.15) is 0 Å². The fourth-order valence-corrected chi connectivity index (χ4v) is 2.04. The summed E-state index contributed by atoms with van der Waals surface area (Å²) in [7, 11) is 0. The molecule has 0 saturated heterocycles. The maximum absolute atomic E-state index is 13.5. The van der Waals surface area contributed by atoms with Crippen molar-refractivity contribution in [2.45, 2.75) is 13.0 Å². The highest BCUT2D eigenvalue weighted by Gasteiger charge is 2.18. The van der Waals surface area contributed by atoms with Crippen LogP contribution >= 0.6 is 0 Å². The van der Waals surface area contributed by atoms with Gasteiger partial charge in [-0.3, -0.25) is 4.98 Å². The molecule has 1 aromatic carbocycles. The molecule has 0 amide bonds. The molecule has 1 atom stereocenters. The van der Waals surface area contributed by atoms with E-state index in [1.807, 2.05) is 13.0 Å². The molecule has 0 aliphatic carbocycles. The number of halogens is 1. The summed E-state index contributed by atoms with van der Waals surface area (Å²) < 4.78 is 18.9. The van der Waals surface area contributed by atoms with Gasteiger partial charge in [0.15, 0.2) is 17.5 Å². The number of fused-ring (bicyclic) bond motifs is 1. The van der Waals surface area contributed by atoms with Crippen LogP contribution in [0.4, 0.5) is 4.39 Å². The van der Waals surface area contributed by atoms with Crippen molar-refractivity contribution in [1.29, 1.82) is 0 Å². The summed E-state index contributed by atoms with van der Waals surface area (Å²) in [5, 5.41) is 10.9. The fourth-order valence-electron chi connectivity index (χ4n) is 2.04. The number of para-hydroxylation sites is 1. The molecule has 0 radical (unpaired) electrons. The summed E-state index contributed by atoms with van der Waals surface area (Å²) in [6, 6.07) is 9.92. The minimum atomic E-state index is -0.994. The lowest BCUT2D eigenvalue weighted by Gasteiger charge is -2.07. The Bertz CT molecular complexity index is 736. The molecule has 3 rings (SSSR count). The summed E-state index contributed by atoms with van der Waals surface area (Å²) in [4.78, 5) is 4.10. The van der Waals surface area contributed by atoms with Crippen molar-refractivity contribution < 1.29 is 13.9 Å². The topological polar surface area (TPSA) is 46.3 Å². The van der Waals surface area contributed by atoms with Crippen LogP contribution in [-0.2, 0) is 0 Å². The number of benzene rings is 1. The van der Waals surface area contributed by atoms with E-state index in [1.54, 1.807) is 30.5 Å². The van der Waals surface area contributed by atoms with E-state index in [-0.39, 0.29) is 5.58 Å². The Balaban J connectivity index is 2.06. The second-order valence-corrected chi connectivity index (χ2v) is 4.47. The van der Waals surface area contributed by atoms with E-state index in [9.17, 15) is 9.50 Å². The normalized spacial score (nSPS) is 12.8. The number of hydrogen-bond acceptors (Lipinski definition) is 3. The smallest absolute Gasteiger partial charge is 0.170 e. The number of pyridine rings is 1. The molecule has 19 heavy (non-hydrogen) atoms. The number of aliphatic hydroxyl groups excluding tert-OH is 1. The predicted octanol–water partition coefficient (Wildman–Crippen LogP) is 3.36. The van der Waals surface area contributed by atoms with Gasteiger partial charge in [0.1, 0.15) is 5.76 Å². The van der Waals surface area contributed by atoms with Crippen molar-refractivity contribution >= 4 is 11.0 Å². The average Bonchev–Trinajstić information content (AvgIpc) is 2.83. The fraction of sp³-hybridized carbons (Fsp3) is 0.133. The minimum Gasteiger partial charge on any atom is -0.455 e. The summed E-state index contributed by atoms with van der Waals surface area (Å²) in [6.07, 6.45) is 0.628. The third-order valence-electron chi connectivity index (χ3n) is 3.00. The molecular formula is C15H12FNO2. The van der Waals surface area contributed by atoms with Crippen LogP contribution in [0.25, 0.3) is 11.0 Å². The van der Waals surface area contributed by atoms with Gasteiger partial charge in [-0.05, 0) is 36.8 Å². The highest BCUT2D eigenvalue weighted by atomic mass is 19.1. The van der Waals surface area contributed by atoms with E-state index < -0.39 is 11.9 Å². The first-order chi connectivity index (χ1) is 9.15. The SMILES string of the molecule is Cc1ccnc(C(O)c2cc3cccc(F)c3o2)c1. The second kappa shape index (κ2) is 4.48.